The number of rotatable bonds is 5. The zero-order chi connectivity index (χ0) is 20.4. The fraction of sp³-hybridized carbons (Fsp3) is 0.222. The summed E-state index contributed by atoms with van der Waals surface area (Å²) in [5.74, 6) is -1.95. The first-order valence-electron chi connectivity index (χ1n) is 7.97. The van der Waals surface area contributed by atoms with Crippen LogP contribution in [0.25, 0.3) is 10.2 Å². The van der Waals surface area contributed by atoms with Gasteiger partial charge in [-0.05, 0) is 30.7 Å². The summed E-state index contributed by atoms with van der Waals surface area (Å²) in [7, 11) is 2.56. The number of carbonyl (C=O) groups excluding carboxylic acids is 2. The van der Waals surface area contributed by atoms with Gasteiger partial charge in [-0.3, -0.25) is 4.79 Å². The molecule has 3 aromatic rings. The fourth-order valence-corrected chi connectivity index (χ4v) is 3.67. The molecule has 2 heterocycles. The van der Waals surface area contributed by atoms with Crippen molar-refractivity contribution in [1.29, 1.82) is 0 Å². The Morgan fingerprint density at radius 1 is 1.25 bits per heavy atom. The van der Waals surface area contributed by atoms with Crippen LogP contribution in [0.2, 0.25) is 0 Å². The lowest BCUT2D eigenvalue weighted by Gasteiger charge is -2.06. The molecule has 2 aromatic heterocycles. The molecule has 146 valence electrons. The van der Waals surface area contributed by atoms with Crippen molar-refractivity contribution >= 4 is 33.5 Å². The number of fused-ring (bicyclic) bond motifs is 1. The number of methoxy groups -OCH3 is 2. The Balaban J connectivity index is 1.83. The first kappa shape index (κ1) is 19.5. The number of nitrogens with zero attached hydrogens (tertiary/aromatic N) is 1. The highest BCUT2D eigenvalue weighted by Crippen LogP contribution is 2.27. The summed E-state index contributed by atoms with van der Waals surface area (Å²) in [6, 6.07) is 3.65. The van der Waals surface area contributed by atoms with Gasteiger partial charge < -0.3 is 19.2 Å². The van der Waals surface area contributed by atoms with Crippen LogP contribution < -0.4 is 10.3 Å². The predicted molar refractivity (Wildman–Crippen MR) is 98.4 cm³/mol. The molecular formula is C18H15FN2O6S. The van der Waals surface area contributed by atoms with Gasteiger partial charge in [0.15, 0.2) is 11.6 Å². The van der Waals surface area contributed by atoms with Gasteiger partial charge in [-0.1, -0.05) is 0 Å². The van der Waals surface area contributed by atoms with Crippen molar-refractivity contribution in [2.45, 2.75) is 13.5 Å². The molecule has 0 radical (unpaired) electrons. The van der Waals surface area contributed by atoms with Gasteiger partial charge in [0.1, 0.15) is 22.1 Å². The number of thiophene rings is 1. The Labute approximate surface area is 161 Å². The number of halogens is 1. The maximum atomic E-state index is 13.7. The van der Waals surface area contributed by atoms with Crippen LogP contribution in [0.5, 0.6) is 5.75 Å². The molecule has 0 spiro atoms. The molecule has 0 fully saturated rings. The lowest BCUT2D eigenvalue weighted by Crippen LogP contribution is -2.14. The molecule has 28 heavy (non-hydrogen) atoms. The quantitative estimate of drug-likeness (QED) is 0.649. The van der Waals surface area contributed by atoms with E-state index in [1.807, 2.05) is 0 Å². The second-order valence-electron chi connectivity index (χ2n) is 5.67. The number of benzene rings is 1. The van der Waals surface area contributed by atoms with E-state index in [-0.39, 0.29) is 34.0 Å². The van der Waals surface area contributed by atoms with E-state index in [4.69, 9.17) is 14.2 Å². The molecule has 0 atom stereocenters. The predicted octanol–water partition coefficient (Wildman–Crippen LogP) is 2.58. The standard InChI is InChI=1S/C18H15FN2O6S/c1-8-13-15(22)20-12(21-16(13)28-14(8)18(24)26-3)7-27-17(23)9-4-5-11(25-2)10(19)6-9/h4-6H,7H2,1-3H3,(H,20,21,22). The number of hydrogen-bond donors (Lipinski definition) is 1. The Hall–Kier alpha value is -3.27. The number of hydrogen-bond acceptors (Lipinski definition) is 8. The van der Waals surface area contributed by atoms with E-state index in [0.29, 0.717) is 10.4 Å². The van der Waals surface area contributed by atoms with Gasteiger partial charge in [0.2, 0.25) is 0 Å². The SMILES string of the molecule is COC(=O)c1sc2nc(COC(=O)c3ccc(OC)c(F)c3)[nH]c(=O)c2c1C. The van der Waals surface area contributed by atoms with Crippen LogP contribution in [-0.4, -0.2) is 36.1 Å². The molecule has 8 nitrogen and oxygen atoms in total. The maximum Gasteiger partial charge on any atom is 0.348 e. The summed E-state index contributed by atoms with van der Waals surface area (Å²) in [5, 5.41) is 0.276. The zero-order valence-corrected chi connectivity index (χ0v) is 15.9. The lowest BCUT2D eigenvalue weighted by molar-refractivity contribution is 0.0461. The van der Waals surface area contributed by atoms with Crippen molar-refractivity contribution in [2.75, 3.05) is 14.2 Å². The number of aromatic amines is 1. The molecule has 3 rings (SSSR count). The summed E-state index contributed by atoms with van der Waals surface area (Å²) in [4.78, 5) is 43.6. The van der Waals surface area contributed by atoms with Gasteiger partial charge in [0.25, 0.3) is 5.56 Å². The molecule has 0 aliphatic carbocycles. The van der Waals surface area contributed by atoms with Gasteiger partial charge >= 0.3 is 11.9 Å². The average molecular weight is 406 g/mol. The first-order valence-corrected chi connectivity index (χ1v) is 8.78. The normalized spacial score (nSPS) is 10.7. The molecule has 0 unspecified atom stereocenters. The number of ether oxygens (including phenoxy) is 3. The monoisotopic (exact) mass is 406 g/mol. The Morgan fingerprint density at radius 2 is 2.00 bits per heavy atom. The summed E-state index contributed by atoms with van der Waals surface area (Å²) >= 11 is 1.01. The molecule has 10 heteroatoms. The number of aryl methyl sites for hydroxylation is 1. The van der Waals surface area contributed by atoms with Gasteiger partial charge in [-0.15, -0.1) is 11.3 Å². The van der Waals surface area contributed by atoms with Crippen molar-refractivity contribution in [2.24, 2.45) is 0 Å². The summed E-state index contributed by atoms with van der Waals surface area (Å²) in [5.41, 5.74) is -0.00466. The van der Waals surface area contributed by atoms with Gasteiger partial charge in [-0.2, -0.15) is 0 Å². The Morgan fingerprint density at radius 3 is 2.64 bits per heavy atom. The number of H-pyrrole nitrogens is 1. The second kappa shape index (κ2) is 7.77. The van der Waals surface area contributed by atoms with E-state index in [1.165, 1.54) is 26.4 Å². The van der Waals surface area contributed by atoms with Crippen molar-refractivity contribution in [3.8, 4) is 5.75 Å². The van der Waals surface area contributed by atoms with Crippen LogP contribution in [-0.2, 0) is 16.1 Å². The molecule has 0 bridgehead atoms. The topological polar surface area (TPSA) is 108 Å². The number of aromatic nitrogens is 2. The van der Waals surface area contributed by atoms with Gasteiger partial charge in [0.05, 0.1) is 25.2 Å². The Bertz CT molecular complexity index is 1140. The minimum absolute atomic E-state index is 0.00229. The largest absolute Gasteiger partial charge is 0.494 e. The van der Waals surface area contributed by atoms with Crippen LogP contribution in [0, 0.1) is 12.7 Å². The van der Waals surface area contributed by atoms with Crippen molar-refractivity contribution in [3.63, 3.8) is 0 Å². The molecule has 0 saturated carbocycles. The maximum absolute atomic E-state index is 13.7. The fourth-order valence-electron chi connectivity index (χ4n) is 2.55. The summed E-state index contributed by atoms with van der Waals surface area (Å²) < 4.78 is 28.3. The van der Waals surface area contributed by atoms with Crippen LogP contribution >= 0.6 is 11.3 Å². The molecule has 0 saturated heterocycles. The molecular weight excluding hydrogens is 391 g/mol. The third-order valence-corrected chi connectivity index (χ3v) is 5.11. The first-order chi connectivity index (χ1) is 13.3. The molecule has 1 aromatic carbocycles. The molecule has 0 aliphatic heterocycles. The van der Waals surface area contributed by atoms with Crippen LogP contribution in [0.3, 0.4) is 0 Å². The van der Waals surface area contributed by atoms with Crippen LogP contribution in [0.15, 0.2) is 23.0 Å². The second-order valence-corrected chi connectivity index (χ2v) is 6.67. The highest BCUT2D eigenvalue weighted by molar-refractivity contribution is 7.20. The third-order valence-electron chi connectivity index (χ3n) is 3.95. The van der Waals surface area contributed by atoms with Crippen LogP contribution in [0.1, 0.15) is 31.4 Å². The average Bonchev–Trinajstić information content (AvgIpc) is 3.02. The minimum Gasteiger partial charge on any atom is -0.494 e. The van der Waals surface area contributed by atoms with E-state index < -0.39 is 23.3 Å². The highest BCUT2D eigenvalue weighted by atomic mass is 32.1. The van der Waals surface area contributed by atoms with E-state index in [9.17, 15) is 18.8 Å². The minimum atomic E-state index is -0.790. The van der Waals surface area contributed by atoms with E-state index in [1.54, 1.807) is 6.92 Å². The molecule has 1 N–H and O–H groups in total. The van der Waals surface area contributed by atoms with Gasteiger partial charge in [0, 0.05) is 0 Å². The highest BCUT2D eigenvalue weighted by Gasteiger charge is 2.20. The van der Waals surface area contributed by atoms with Crippen molar-refractivity contribution in [3.05, 3.63) is 56.2 Å². The molecule has 0 amide bonds. The number of carbonyl (C=O) groups is 2. The van der Waals surface area contributed by atoms with Crippen LogP contribution in [0.4, 0.5) is 4.39 Å². The van der Waals surface area contributed by atoms with E-state index in [2.05, 4.69) is 9.97 Å². The Kier molecular flexibility index (Phi) is 5.41. The zero-order valence-electron chi connectivity index (χ0n) is 15.1. The summed E-state index contributed by atoms with van der Waals surface area (Å²) in [6.45, 7) is 1.29. The number of esters is 2. The summed E-state index contributed by atoms with van der Waals surface area (Å²) in [6.07, 6.45) is 0. The van der Waals surface area contributed by atoms with Crippen molar-refractivity contribution in [1.82, 2.24) is 9.97 Å². The van der Waals surface area contributed by atoms with Crippen molar-refractivity contribution < 1.29 is 28.2 Å². The van der Waals surface area contributed by atoms with E-state index >= 15 is 0 Å². The third kappa shape index (κ3) is 3.58. The lowest BCUT2D eigenvalue weighted by atomic mass is 10.2. The number of nitrogens with one attached hydrogen (secondary N) is 1. The smallest absolute Gasteiger partial charge is 0.348 e. The molecule has 0 aliphatic rings. The van der Waals surface area contributed by atoms with Gasteiger partial charge in [-0.25, -0.2) is 19.0 Å². The van der Waals surface area contributed by atoms with E-state index in [0.717, 1.165) is 17.4 Å².